The van der Waals surface area contributed by atoms with Gasteiger partial charge in [-0.3, -0.25) is 0 Å². The van der Waals surface area contributed by atoms with Gasteiger partial charge in [-0.25, -0.2) is 13.2 Å². The summed E-state index contributed by atoms with van der Waals surface area (Å²) < 4.78 is 30.7. The first kappa shape index (κ1) is 27.0. The second-order valence-corrected chi connectivity index (χ2v) is 12.7. The van der Waals surface area contributed by atoms with Gasteiger partial charge in [-0.1, -0.05) is 56.3 Å². The van der Waals surface area contributed by atoms with E-state index in [-0.39, 0.29) is 0 Å². The number of aryl methyl sites for hydroxylation is 1. The summed E-state index contributed by atoms with van der Waals surface area (Å²) in [7, 11) is -2.33. The number of hydrogen-bond acceptors (Lipinski definition) is 4. The predicted molar refractivity (Wildman–Crippen MR) is 156 cm³/mol. The third kappa shape index (κ3) is 5.20. The lowest BCUT2D eigenvalue weighted by Gasteiger charge is -2.20. The van der Waals surface area contributed by atoms with Crippen molar-refractivity contribution >= 4 is 33.6 Å². The van der Waals surface area contributed by atoms with Crippen molar-refractivity contribution in [2.75, 3.05) is 6.61 Å². The SMILES string of the molecule is CC(C)c1ccc2c(c1)Cc1ccccc1S2=O.CCOc1ccc2c(c1)S(=O)c1ccc(C)c(=C=O)c1=C2. The quantitative estimate of drug-likeness (QED) is 0.306. The highest BCUT2D eigenvalue weighted by Gasteiger charge is 2.22. The van der Waals surface area contributed by atoms with Gasteiger partial charge in [-0.2, -0.15) is 0 Å². The summed E-state index contributed by atoms with van der Waals surface area (Å²) >= 11 is 0. The molecule has 4 aromatic rings. The average molecular weight is 555 g/mol. The van der Waals surface area contributed by atoms with E-state index in [1.54, 1.807) is 6.07 Å². The van der Waals surface area contributed by atoms with Gasteiger partial charge in [-0.15, -0.1) is 0 Å². The van der Waals surface area contributed by atoms with Crippen molar-refractivity contribution < 1.29 is 17.9 Å². The van der Waals surface area contributed by atoms with E-state index < -0.39 is 21.6 Å². The summed E-state index contributed by atoms with van der Waals surface area (Å²) in [5.74, 6) is 3.19. The average Bonchev–Trinajstić information content (AvgIpc) is 2.94. The first-order valence-corrected chi connectivity index (χ1v) is 15.3. The Labute approximate surface area is 234 Å². The zero-order chi connectivity index (χ0) is 27.7. The van der Waals surface area contributed by atoms with E-state index >= 15 is 0 Å². The van der Waals surface area contributed by atoms with Crippen LogP contribution in [-0.2, 0) is 32.8 Å². The van der Waals surface area contributed by atoms with Crippen LogP contribution in [0.3, 0.4) is 0 Å². The number of ether oxygens (including phenoxy) is 1. The molecule has 6 rings (SSSR count). The van der Waals surface area contributed by atoms with E-state index in [2.05, 4.69) is 32.0 Å². The Kier molecular flexibility index (Phi) is 7.81. The largest absolute Gasteiger partial charge is 0.494 e. The van der Waals surface area contributed by atoms with E-state index in [0.29, 0.717) is 38.5 Å². The Morgan fingerprint density at radius 3 is 2.31 bits per heavy atom. The molecule has 6 heteroatoms. The molecule has 0 fully saturated rings. The summed E-state index contributed by atoms with van der Waals surface area (Å²) in [5.41, 5.74) is 5.44. The van der Waals surface area contributed by atoms with Crippen LogP contribution in [-0.4, -0.2) is 21.0 Å². The van der Waals surface area contributed by atoms with Gasteiger partial charge >= 0.3 is 0 Å². The van der Waals surface area contributed by atoms with E-state index in [1.807, 2.05) is 74.4 Å². The molecule has 0 spiro atoms. The number of fused-ring (bicyclic) bond motifs is 4. The minimum Gasteiger partial charge on any atom is -0.494 e. The Bertz CT molecular complexity index is 1780. The molecule has 4 nitrogen and oxygen atoms in total. The smallest absolute Gasteiger partial charge is 0.133 e. The molecule has 4 aromatic carbocycles. The molecule has 0 N–H and O–H groups in total. The fraction of sp³-hybridized carbons (Fsp3) is 0.212. The fourth-order valence-corrected chi connectivity index (χ4v) is 7.64. The number of benzene rings is 4. The molecule has 0 saturated carbocycles. The zero-order valence-electron chi connectivity index (χ0n) is 22.4. The molecule has 2 aliphatic heterocycles. The minimum absolute atomic E-state index is 0.486. The van der Waals surface area contributed by atoms with Gasteiger partial charge in [0.15, 0.2) is 0 Å². The lowest BCUT2D eigenvalue weighted by Crippen LogP contribution is -2.34. The van der Waals surface area contributed by atoms with E-state index in [0.717, 1.165) is 27.3 Å². The zero-order valence-corrected chi connectivity index (χ0v) is 24.1. The van der Waals surface area contributed by atoms with Crippen LogP contribution in [0, 0.1) is 6.92 Å². The Morgan fingerprint density at radius 2 is 1.56 bits per heavy atom. The molecule has 2 heterocycles. The molecule has 0 radical (unpaired) electrons. The van der Waals surface area contributed by atoms with Gasteiger partial charge in [0, 0.05) is 15.0 Å². The lowest BCUT2D eigenvalue weighted by molar-refractivity contribution is 0.339. The third-order valence-corrected chi connectivity index (χ3v) is 10.1. The summed E-state index contributed by atoms with van der Waals surface area (Å²) in [6, 6.07) is 23.6. The molecule has 198 valence electrons. The van der Waals surface area contributed by atoms with Crippen LogP contribution in [0.25, 0.3) is 6.08 Å². The van der Waals surface area contributed by atoms with Crippen molar-refractivity contribution in [1.82, 2.24) is 0 Å². The normalized spacial score (nSPS) is 16.3. The summed E-state index contributed by atoms with van der Waals surface area (Å²) in [5, 5.41) is 1.19. The molecule has 2 aliphatic rings. The third-order valence-electron chi connectivity index (χ3n) is 7.02. The van der Waals surface area contributed by atoms with Gasteiger partial charge < -0.3 is 4.74 Å². The summed E-state index contributed by atoms with van der Waals surface area (Å²) in [4.78, 5) is 14.5. The molecule has 39 heavy (non-hydrogen) atoms. The van der Waals surface area contributed by atoms with Crippen LogP contribution in [0.4, 0.5) is 0 Å². The van der Waals surface area contributed by atoms with Gasteiger partial charge in [0.05, 0.1) is 43.2 Å². The Balaban J connectivity index is 0.000000160. The number of hydrogen-bond donors (Lipinski definition) is 0. The fourth-order valence-electron chi connectivity index (χ4n) is 4.91. The van der Waals surface area contributed by atoms with E-state index in [4.69, 9.17) is 4.74 Å². The van der Waals surface area contributed by atoms with Crippen LogP contribution in [0.1, 0.15) is 54.5 Å². The molecular weight excluding hydrogens is 524 g/mol. The lowest BCUT2D eigenvalue weighted by atomic mass is 9.97. The highest BCUT2D eigenvalue weighted by Crippen LogP contribution is 2.33. The van der Waals surface area contributed by atoms with Crippen LogP contribution in [0.2, 0.25) is 0 Å². The van der Waals surface area contributed by atoms with Crippen molar-refractivity contribution in [3.8, 4) is 5.75 Å². The first-order valence-electron chi connectivity index (χ1n) is 13.0. The maximum atomic E-state index is 12.7. The van der Waals surface area contributed by atoms with Crippen molar-refractivity contribution in [2.45, 2.75) is 59.6 Å². The van der Waals surface area contributed by atoms with Gasteiger partial charge in [0.2, 0.25) is 0 Å². The second kappa shape index (κ2) is 11.3. The molecule has 0 aromatic heterocycles. The van der Waals surface area contributed by atoms with Gasteiger partial charge in [0.1, 0.15) is 11.7 Å². The monoisotopic (exact) mass is 554 g/mol. The van der Waals surface area contributed by atoms with Crippen molar-refractivity contribution in [2.24, 2.45) is 0 Å². The maximum Gasteiger partial charge on any atom is 0.133 e. The molecule has 2 atom stereocenters. The standard InChI is InChI=1S/C17H14O3S.C16H16OS/c1-3-20-13-6-5-12-8-14-15(10-18)11(2)4-7-16(14)21(19)17(12)9-13;1-11(2)12-7-8-16-14(9-12)10-13-5-3-4-6-15(13)18(16)17/h4-9H,3H2,1-2H3;3-9,11H,10H2,1-2H3. The number of rotatable bonds is 3. The van der Waals surface area contributed by atoms with Crippen molar-refractivity contribution in [3.05, 3.63) is 111 Å². The van der Waals surface area contributed by atoms with Crippen molar-refractivity contribution in [1.29, 1.82) is 0 Å². The second-order valence-electron chi connectivity index (χ2n) is 9.89. The molecule has 0 bridgehead atoms. The molecule has 2 unspecified atom stereocenters. The van der Waals surface area contributed by atoms with Crippen LogP contribution in [0.15, 0.2) is 92.4 Å². The number of carbonyl (C=O) groups excluding carboxylic acids is 1. The molecule has 0 saturated heterocycles. The van der Waals surface area contributed by atoms with Gasteiger partial charge in [0.25, 0.3) is 0 Å². The Morgan fingerprint density at radius 1 is 0.846 bits per heavy atom. The van der Waals surface area contributed by atoms with Crippen molar-refractivity contribution in [3.63, 3.8) is 0 Å². The maximum absolute atomic E-state index is 12.7. The van der Waals surface area contributed by atoms with E-state index in [1.165, 1.54) is 16.7 Å². The van der Waals surface area contributed by atoms with Gasteiger partial charge in [-0.05, 0) is 90.4 Å². The summed E-state index contributed by atoms with van der Waals surface area (Å²) in [6.45, 7) is 8.71. The molecule has 0 amide bonds. The van der Waals surface area contributed by atoms with Crippen LogP contribution >= 0.6 is 0 Å². The Hall–Kier alpha value is -3.57. The topological polar surface area (TPSA) is 60.4 Å². The van der Waals surface area contributed by atoms with Crippen LogP contribution in [0.5, 0.6) is 5.75 Å². The highest BCUT2D eigenvalue weighted by atomic mass is 32.2. The minimum atomic E-state index is -1.31. The molecular formula is C33H30O4S2. The summed E-state index contributed by atoms with van der Waals surface area (Å²) in [6.07, 6.45) is 2.80. The van der Waals surface area contributed by atoms with E-state index in [9.17, 15) is 13.2 Å². The highest BCUT2D eigenvalue weighted by molar-refractivity contribution is 7.85. The van der Waals surface area contributed by atoms with Crippen LogP contribution < -0.4 is 15.2 Å². The predicted octanol–water partition coefficient (Wildman–Crippen LogP) is 5.09. The first-order chi connectivity index (χ1) is 18.8. The molecule has 0 aliphatic carbocycles.